The molecule has 0 spiro atoms. The lowest BCUT2D eigenvalue weighted by Gasteiger charge is -2.42. The lowest BCUT2D eigenvalue weighted by molar-refractivity contribution is -0.162. The summed E-state index contributed by atoms with van der Waals surface area (Å²) >= 11 is 0. The summed E-state index contributed by atoms with van der Waals surface area (Å²) in [5, 5.41) is 15.6. The van der Waals surface area contributed by atoms with Crippen molar-refractivity contribution in [3.63, 3.8) is 0 Å². The molecule has 1 aliphatic rings. The van der Waals surface area contributed by atoms with Gasteiger partial charge < -0.3 is 10.5 Å². The van der Waals surface area contributed by atoms with Crippen LogP contribution < -0.4 is 5.73 Å². The third kappa shape index (κ3) is 3.57. The van der Waals surface area contributed by atoms with E-state index in [0.29, 0.717) is 36.5 Å². The van der Waals surface area contributed by atoms with Gasteiger partial charge in [0.2, 0.25) is 0 Å². The van der Waals surface area contributed by atoms with E-state index in [0.717, 1.165) is 27.7 Å². The fourth-order valence-electron chi connectivity index (χ4n) is 4.70. The molecule has 1 aliphatic carbocycles. The van der Waals surface area contributed by atoms with Gasteiger partial charge >= 0.3 is 5.97 Å². The van der Waals surface area contributed by atoms with E-state index in [1.807, 2.05) is 67.6 Å². The van der Waals surface area contributed by atoms with Gasteiger partial charge in [0.15, 0.2) is 0 Å². The highest BCUT2D eigenvalue weighted by Crippen LogP contribution is 2.50. The number of ether oxygens (including phenoxy) is 1. The number of nitrogens with zero attached hydrogens (tertiary/aromatic N) is 4. The van der Waals surface area contributed by atoms with Gasteiger partial charge in [0.25, 0.3) is 0 Å². The minimum absolute atomic E-state index is 0.0569. The molecule has 0 aliphatic heterocycles. The van der Waals surface area contributed by atoms with Gasteiger partial charge in [-0.3, -0.25) is 4.79 Å². The van der Waals surface area contributed by atoms with E-state index >= 15 is 0 Å². The normalized spacial score (nSPS) is 19.4. The average Bonchev–Trinajstić information content (AvgIpc) is 3.17. The SMILES string of the molecule is CCOC(=O)C1(C)CC(n2nc(-c3ccc4ccc(-c5ccccc5)nc4c3)c(C#N)c2N)C1. The Morgan fingerprint density at radius 3 is 2.62 bits per heavy atom. The fraction of sp³-hybridized carbons (Fsp3) is 0.259. The molecule has 4 aromatic rings. The number of esters is 1. The van der Waals surface area contributed by atoms with Gasteiger partial charge in [-0.25, -0.2) is 9.67 Å². The van der Waals surface area contributed by atoms with E-state index in [1.165, 1.54) is 0 Å². The largest absolute Gasteiger partial charge is 0.466 e. The van der Waals surface area contributed by atoms with Crippen LogP contribution in [0.1, 0.15) is 38.3 Å². The van der Waals surface area contributed by atoms with E-state index in [-0.39, 0.29) is 12.0 Å². The molecule has 0 bridgehead atoms. The van der Waals surface area contributed by atoms with Crippen LogP contribution >= 0.6 is 0 Å². The number of rotatable bonds is 5. The van der Waals surface area contributed by atoms with Crippen LogP contribution in [0, 0.1) is 16.7 Å². The van der Waals surface area contributed by atoms with Crippen molar-refractivity contribution in [2.24, 2.45) is 5.41 Å². The van der Waals surface area contributed by atoms with Gasteiger partial charge in [-0.2, -0.15) is 10.4 Å². The van der Waals surface area contributed by atoms with Crippen molar-refractivity contribution in [3.8, 4) is 28.6 Å². The summed E-state index contributed by atoms with van der Waals surface area (Å²) < 4.78 is 6.89. The minimum atomic E-state index is -0.549. The predicted octanol–water partition coefficient (Wildman–Crippen LogP) is 5.12. The molecule has 0 atom stereocenters. The van der Waals surface area contributed by atoms with Crippen molar-refractivity contribution in [1.29, 1.82) is 5.26 Å². The maximum atomic E-state index is 12.3. The highest BCUT2D eigenvalue weighted by atomic mass is 16.5. The quantitative estimate of drug-likeness (QED) is 0.422. The molecule has 1 saturated carbocycles. The number of aromatic nitrogens is 3. The number of carbonyl (C=O) groups is 1. The Morgan fingerprint density at radius 1 is 1.18 bits per heavy atom. The molecule has 2 aromatic heterocycles. The Balaban J connectivity index is 1.50. The van der Waals surface area contributed by atoms with E-state index in [1.54, 1.807) is 11.6 Å². The summed E-state index contributed by atoms with van der Waals surface area (Å²) in [7, 11) is 0. The van der Waals surface area contributed by atoms with Crippen molar-refractivity contribution in [2.45, 2.75) is 32.7 Å². The number of pyridine rings is 1. The molecule has 1 fully saturated rings. The Morgan fingerprint density at radius 2 is 1.91 bits per heavy atom. The van der Waals surface area contributed by atoms with Crippen molar-refractivity contribution in [1.82, 2.24) is 14.8 Å². The number of anilines is 1. The third-order valence-corrected chi connectivity index (χ3v) is 6.58. The second-order valence-corrected chi connectivity index (χ2v) is 8.98. The zero-order valence-electron chi connectivity index (χ0n) is 19.2. The number of benzene rings is 2. The topological polar surface area (TPSA) is 107 Å². The number of nitriles is 1. The summed E-state index contributed by atoms with van der Waals surface area (Å²) in [6.07, 6.45) is 1.14. The van der Waals surface area contributed by atoms with Crippen LogP contribution in [-0.2, 0) is 9.53 Å². The van der Waals surface area contributed by atoms with Crippen LogP contribution in [0.15, 0.2) is 60.7 Å². The first-order valence-corrected chi connectivity index (χ1v) is 11.4. The number of hydrogen-bond donors (Lipinski definition) is 1. The van der Waals surface area contributed by atoms with Gasteiger partial charge in [-0.15, -0.1) is 0 Å². The van der Waals surface area contributed by atoms with Crippen LogP contribution in [0.5, 0.6) is 0 Å². The Bertz CT molecular complexity index is 1430. The molecule has 34 heavy (non-hydrogen) atoms. The molecular weight excluding hydrogens is 426 g/mol. The Kier molecular flexibility index (Phi) is 5.29. The predicted molar refractivity (Wildman–Crippen MR) is 131 cm³/mol. The number of fused-ring (bicyclic) bond motifs is 1. The molecule has 0 radical (unpaired) electrons. The summed E-state index contributed by atoms with van der Waals surface area (Å²) in [6.45, 7) is 4.05. The van der Waals surface area contributed by atoms with Crippen molar-refractivity contribution < 1.29 is 9.53 Å². The van der Waals surface area contributed by atoms with E-state index < -0.39 is 5.41 Å². The van der Waals surface area contributed by atoms with Gasteiger partial charge in [-0.1, -0.05) is 48.5 Å². The Labute approximate surface area is 197 Å². The molecular formula is C27H25N5O2. The monoisotopic (exact) mass is 451 g/mol. The summed E-state index contributed by atoms with van der Waals surface area (Å²) in [4.78, 5) is 17.1. The summed E-state index contributed by atoms with van der Waals surface area (Å²) in [5.74, 6) is 0.118. The number of nitrogens with two attached hydrogens (primary N) is 1. The van der Waals surface area contributed by atoms with Crippen LogP contribution in [0.2, 0.25) is 0 Å². The zero-order valence-corrected chi connectivity index (χ0v) is 19.2. The molecule has 0 amide bonds. The zero-order chi connectivity index (χ0) is 23.9. The highest BCUT2D eigenvalue weighted by Gasteiger charge is 2.49. The molecule has 2 heterocycles. The third-order valence-electron chi connectivity index (χ3n) is 6.58. The first kappa shape index (κ1) is 21.7. The average molecular weight is 452 g/mol. The number of nitrogen functional groups attached to an aromatic ring is 1. The molecule has 7 heteroatoms. The van der Waals surface area contributed by atoms with Gasteiger partial charge in [0.05, 0.1) is 29.3 Å². The van der Waals surface area contributed by atoms with Gasteiger partial charge in [0.1, 0.15) is 23.1 Å². The second-order valence-electron chi connectivity index (χ2n) is 8.98. The van der Waals surface area contributed by atoms with E-state index in [2.05, 4.69) is 6.07 Å². The molecule has 2 aromatic carbocycles. The minimum Gasteiger partial charge on any atom is -0.466 e. The number of carbonyl (C=O) groups excluding carboxylic acids is 1. The standard InChI is InChI=1S/C27H25N5O2/c1-3-34-26(33)27(2)14-20(15-27)32-25(29)21(16-28)24(31-32)19-10-9-18-11-12-22(30-23(18)13-19)17-7-5-4-6-8-17/h4-13,20H,3,14-15,29H2,1-2H3. The smallest absolute Gasteiger partial charge is 0.311 e. The van der Waals surface area contributed by atoms with Crippen LogP contribution in [0.4, 0.5) is 5.82 Å². The van der Waals surface area contributed by atoms with Crippen molar-refractivity contribution in [2.75, 3.05) is 12.3 Å². The maximum absolute atomic E-state index is 12.3. The highest BCUT2D eigenvalue weighted by molar-refractivity contribution is 5.87. The molecule has 2 N–H and O–H groups in total. The van der Waals surface area contributed by atoms with Crippen LogP contribution in [0.3, 0.4) is 0 Å². The molecule has 5 rings (SSSR count). The fourth-order valence-corrected chi connectivity index (χ4v) is 4.70. The molecule has 170 valence electrons. The molecule has 7 nitrogen and oxygen atoms in total. The van der Waals surface area contributed by atoms with Crippen LogP contribution in [0.25, 0.3) is 33.4 Å². The van der Waals surface area contributed by atoms with E-state index in [9.17, 15) is 10.1 Å². The van der Waals surface area contributed by atoms with E-state index in [4.69, 9.17) is 20.6 Å². The lowest BCUT2D eigenvalue weighted by Crippen LogP contribution is -2.44. The lowest BCUT2D eigenvalue weighted by atomic mass is 9.67. The van der Waals surface area contributed by atoms with Gasteiger partial charge in [0, 0.05) is 16.5 Å². The van der Waals surface area contributed by atoms with Gasteiger partial charge in [-0.05, 0) is 38.8 Å². The summed E-state index contributed by atoms with van der Waals surface area (Å²) in [6, 6.07) is 22.0. The first-order valence-electron chi connectivity index (χ1n) is 11.4. The Hall–Kier alpha value is -4.18. The summed E-state index contributed by atoms with van der Waals surface area (Å²) in [5.41, 5.74) is 10.2. The number of hydrogen-bond acceptors (Lipinski definition) is 6. The second kappa shape index (κ2) is 8.31. The molecule has 0 saturated heterocycles. The molecule has 0 unspecified atom stereocenters. The van der Waals surface area contributed by atoms with Crippen molar-refractivity contribution in [3.05, 3.63) is 66.2 Å². The van der Waals surface area contributed by atoms with Crippen LogP contribution in [-0.4, -0.2) is 27.3 Å². The first-order chi connectivity index (χ1) is 16.4. The van der Waals surface area contributed by atoms with Crippen molar-refractivity contribution >= 4 is 22.7 Å². The maximum Gasteiger partial charge on any atom is 0.311 e.